The molecule has 1 amide bonds. The van der Waals surface area contributed by atoms with Gasteiger partial charge in [-0.25, -0.2) is 4.79 Å². The van der Waals surface area contributed by atoms with E-state index in [1.807, 2.05) is 5.32 Å². The number of hydrogen-bond acceptors (Lipinski definition) is 5. The van der Waals surface area contributed by atoms with Gasteiger partial charge >= 0.3 is 19.9 Å². The predicted octanol–water partition coefficient (Wildman–Crippen LogP) is 6.08. The number of para-hydroxylation sites is 1. The van der Waals surface area contributed by atoms with Gasteiger partial charge in [0.1, 0.15) is 6.61 Å². The molecule has 0 aliphatic rings. The highest BCUT2D eigenvalue weighted by Gasteiger charge is 2.71. The van der Waals surface area contributed by atoms with E-state index in [2.05, 4.69) is 4.98 Å². The van der Waals surface area contributed by atoms with Gasteiger partial charge in [-0.1, -0.05) is 48.5 Å². The number of alkyl halides is 3. The van der Waals surface area contributed by atoms with Crippen molar-refractivity contribution in [3.63, 3.8) is 0 Å². The van der Waals surface area contributed by atoms with Crippen molar-refractivity contribution in [2.75, 3.05) is 13.2 Å². The molecule has 178 valence electrons. The number of carbonyl (C=O) groups excluding carboxylic acids is 1. The van der Waals surface area contributed by atoms with E-state index in [1.54, 1.807) is 42.5 Å². The molecule has 33 heavy (non-hydrogen) atoms. The number of carbonyl (C=O) groups is 1. The summed E-state index contributed by atoms with van der Waals surface area (Å²) in [5.74, 6) is 0. The molecule has 0 saturated carbocycles. The van der Waals surface area contributed by atoms with Crippen LogP contribution in [0.4, 0.5) is 18.0 Å². The molecule has 0 radical (unpaired) electrons. The third-order valence-electron chi connectivity index (χ3n) is 4.89. The number of benzene rings is 2. The van der Waals surface area contributed by atoms with Crippen molar-refractivity contribution in [3.8, 4) is 0 Å². The maximum Gasteiger partial charge on any atom is 0.427 e. The fraction of sp³-hybridized carbons (Fsp3) is 0.318. The van der Waals surface area contributed by atoms with E-state index in [0.29, 0.717) is 11.1 Å². The maximum absolute atomic E-state index is 14.9. The first kappa shape index (κ1) is 24.8. The molecule has 2 N–H and O–H groups in total. The number of hydrogen-bond donors (Lipinski definition) is 2. The number of H-pyrrole nitrogens is 1. The molecular formula is C22H24F3N2O5P. The lowest BCUT2D eigenvalue weighted by Crippen LogP contribution is -2.56. The summed E-state index contributed by atoms with van der Waals surface area (Å²) in [5.41, 5.74) is 0.405. The number of nitrogens with one attached hydrogen (secondary N) is 2. The molecule has 0 unspecified atom stereocenters. The number of fused-ring (bicyclic) bond motifs is 1. The highest BCUT2D eigenvalue weighted by molar-refractivity contribution is 7.55. The smallest absolute Gasteiger partial charge is 0.427 e. The second kappa shape index (κ2) is 9.99. The van der Waals surface area contributed by atoms with Crippen LogP contribution in [-0.4, -0.2) is 30.5 Å². The van der Waals surface area contributed by atoms with Gasteiger partial charge in [-0.05, 0) is 25.5 Å². The molecule has 2 aromatic carbocycles. The minimum absolute atomic E-state index is 0.0952. The van der Waals surface area contributed by atoms with E-state index < -0.39 is 30.7 Å². The molecule has 0 saturated heterocycles. The van der Waals surface area contributed by atoms with Crippen LogP contribution in [0.1, 0.15) is 25.0 Å². The summed E-state index contributed by atoms with van der Waals surface area (Å²) in [6.07, 6.45) is -5.68. The average molecular weight is 484 g/mol. The van der Waals surface area contributed by atoms with Crippen LogP contribution < -0.4 is 5.32 Å². The predicted molar refractivity (Wildman–Crippen MR) is 117 cm³/mol. The van der Waals surface area contributed by atoms with E-state index in [0.717, 1.165) is 6.20 Å². The molecule has 0 fully saturated rings. The number of alkyl carbamates (subject to hydrolysis) is 1. The largest absolute Gasteiger partial charge is 0.445 e. The molecule has 0 bridgehead atoms. The van der Waals surface area contributed by atoms with Gasteiger partial charge in [0.25, 0.3) is 5.28 Å². The van der Waals surface area contributed by atoms with Gasteiger partial charge in [-0.15, -0.1) is 0 Å². The number of rotatable bonds is 9. The third-order valence-corrected chi connectivity index (χ3v) is 7.52. The van der Waals surface area contributed by atoms with Gasteiger partial charge < -0.3 is 18.8 Å². The Balaban J connectivity index is 2.15. The third kappa shape index (κ3) is 4.78. The minimum Gasteiger partial charge on any atom is -0.445 e. The Kier molecular flexibility index (Phi) is 7.51. The second-order valence-electron chi connectivity index (χ2n) is 6.98. The molecule has 7 nitrogen and oxygen atoms in total. The van der Waals surface area contributed by atoms with Crippen LogP contribution in [0.3, 0.4) is 0 Å². The Hall–Kier alpha value is -2.81. The Morgan fingerprint density at radius 3 is 2.21 bits per heavy atom. The van der Waals surface area contributed by atoms with Gasteiger partial charge in [0.2, 0.25) is 0 Å². The zero-order chi connectivity index (χ0) is 24.1. The number of amides is 1. The quantitative estimate of drug-likeness (QED) is 0.360. The molecule has 3 rings (SSSR count). The monoisotopic (exact) mass is 484 g/mol. The average Bonchev–Trinajstić information content (AvgIpc) is 3.20. The van der Waals surface area contributed by atoms with E-state index in [4.69, 9.17) is 13.8 Å². The Labute approximate surface area is 188 Å². The lowest BCUT2D eigenvalue weighted by Gasteiger charge is -2.40. The van der Waals surface area contributed by atoms with Crippen molar-refractivity contribution in [1.82, 2.24) is 10.3 Å². The first-order chi connectivity index (χ1) is 15.7. The Morgan fingerprint density at radius 2 is 1.61 bits per heavy atom. The van der Waals surface area contributed by atoms with Crippen LogP contribution in [0.2, 0.25) is 0 Å². The van der Waals surface area contributed by atoms with Crippen LogP contribution in [0.5, 0.6) is 0 Å². The molecule has 0 aliphatic heterocycles. The number of ether oxygens (including phenoxy) is 1. The molecule has 11 heteroatoms. The lowest BCUT2D eigenvalue weighted by molar-refractivity contribution is -0.177. The Morgan fingerprint density at radius 1 is 1.00 bits per heavy atom. The van der Waals surface area contributed by atoms with E-state index >= 15 is 0 Å². The van der Waals surface area contributed by atoms with E-state index in [1.165, 1.54) is 26.0 Å². The van der Waals surface area contributed by atoms with Gasteiger partial charge in [-0.2, -0.15) is 13.2 Å². The zero-order valence-corrected chi connectivity index (χ0v) is 18.9. The maximum atomic E-state index is 14.9. The normalized spacial score (nSPS) is 14.1. The molecular weight excluding hydrogens is 460 g/mol. The first-order valence-electron chi connectivity index (χ1n) is 10.2. The fourth-order valence-corrected chi connectivity index (χ4v) is 5.67. The van der Waals surface area contributed by atoms with E-state index in [9.17, 15) is 22.5 Å². The molecule has 3 aromatic rings. The standard InChI is InChI=1S/C22H24F3N2O5P/c1-3-31-33(29,32-4-2)21(22(23,24)25,18-14-26-19-13-9-8-12-17(18)19)27-20(28)30-15-16-10-6-5-7-11-16/h5-14,26H,3-4,15H2,1-2H3,(H,27,28)/t21-/m0/s1. The summed E-state index contributed by atoms with van der Waals surface area (Å²) in [4.78, 5) is 15.4. The molecule has 0 aliphatic carbocycles. The van der Waals surface area contributed by atoms with E-state index in [-0.39, 0.29) is 25.2 Å². The first-order valence-corrected chi connectivity index (χ1v) is 11.7. The van der Waals surface area contributed by atoms with Gasteiger partial charge in [0, 0.05) is 22.7 Å². The van der Waals surface area contributed by atoms with Gasteiger partial charge in [-0.3, -0.25) is 9.88 Å². The highest BCUT2D eigenvalue weighted by atomic mass is 31.2. The van der Waals surface area contributed by atoms with Crippen molar-refractivity contribution in [1.29, 1.82) is 0 Å². The van der Waals surface area contributed by atoms with Crippen molar-refractivity contribution in [2.24, 2.45) is 0 Å². The summed E-state index contributed by atoms with van der Waals surface area (Å²) in [6, 6.07) is 14.6. The van der Waals surface area contributed by atoms with Crippen LogP contribution in [0.15, 0.2) is 60.8 Å². The summed E-state index contributed by atoms with van der Waals surface area (Å²) in [5, 5.41) is -1.61. The topological polar surface area (TPSA) is 89.7 Å². The second-order valence-corrected chi connectivity index (χ2v) is 9.16. The summed E-state index contributed by atoms with van der Waals surface area (Å²) in [7, 11) is -5.08. The van der Waals surface area contributed by atoms with Crippen molar-refractivity contribution < 1.29 is 36.3 Å². The van der Waals surface area contributed by atoms with Crippen LogP contribution in [0, 0.1) is 0 Å². The minimum atomic E-state index is -5.29. The van der Waals surface area contributed by atoms with Gasteiger partial charge in [0.05, 0.1) is 13.2 Å². The lowest BCUT2D eigenvalue weighted by atomic mass is 10.0. The highest BCUT2D eigenvalue weighted by Crippen LogP contribution is 2.69. The summed E-state index contributed by atoms with van der Waals surface area (Å²) < 4.78 is 73.8. The number of aromatic amines is 1. The van der Waals surface area contributed by atoms with Crippen molar-refractivity contribution in [3.05, 3.63) is 71.9 Å². The SMILES string of the molecule is CCOP(=O)(OCC)[C@@](NC(=O)OCc1ccccc1)(c1c[nH]c2ccccc12)C(F)(F)F. The molecule has 0 spiro atoms. The fourth-order valence-electron chi connectivity index (χ4n) is 3.51. The van der Waals surface area contributed by atoms with Crippen LogP contribution in [0.25, 0.3) is 10.9 Å². The number of aromatic nitrogens is 1. The van der Waals surface area contributed by atoms with Gasteiger partial charge in [0.15, 0.2) is 0 Å². The molecule has 1 heterocycles. The van der Waals surface area contributed by atoms with Crippen molar-refractivity contribution >= 4 is 24.6 Å². The van der Waals surface area contributed by atoms with Crippen LogP contribution >= 0.6 is 7.60 Å². The molecule has 1 aromatic heterocycles. The number of halogens is 3. The summed E-state index contributed by atoms with van der Waals surface area (Å²) in [6.45, 7) is 1.78. The zero-order valence-electron chi connectivity index (χ0n) is 18.0. The van der Waals surface area contributed by atoms with Crippen LogP contribution in [-0.2, 0) is 30.2 Å². The van der Waals surface area contributed by atoms with Crippen molar-refractivity contribution in [2.45, 2.75) is 31.9 Å². The summed E-state index contributed by atoms with van der Waals surface area (Å²) >= 11 is 0. The Bertz CT molecular complexity index is 1130. The molecule has 1 atom stereocenters.